The molecule has 1 aliphatic heterocycles. The van der Waals surface area contributed by atoms with Gasteiger partial charge in [-0.2, -0.15) is 13.2 Å². The van der Waals surface area contributed by atoms with Crippen LogP contribution in [0.2, 0.25) is 0 Å². The van der Waals surface area contributed by atoms with Gasteiger partial charge in [0, 0.05) is 25.2 Å². The maximum atomic E-state index is 12.7. The lowest BCUT2D eigenvalue weighted by Crippen LogP contribution is -2.51. The van der Waals surface area contributed by atoms with E-state index in [2.05, 4.69) is 20.6 Å². The molecular weight excluding hydrogens is 379 g/mol. The number of hydrogen-bond donors (Lipinski definition) is 3. The molecule has 8 nitrogen and oxygen atoms in total. The number of carbonyl (C=O) groups is 1. The minimum atomic E-state index is -4.58. The molecule has 2 aromatic heterocycles. The summed E-state index contributed by atoms with van der Waals surface area (Å²) in [6.45, 7) is 0.962. The second-order valence-electron chi connectivity index (χ2n) is 6.13. The molecule has 1 aliphatic rings. The van der Waals surface area contributed by atoms with E-state index in [4.69, 9.17) is 4.74 Å². The van der Waals surface area contributed by atoms with Gasteiger partial charge in [0.25, 0.3) is 0 Å². The van der Waals surface area contributed by atoms with Crippen molar-refractivity contribution in [1.82, 2.24) is 15.3 Å². The summed E-state index contributed by atoms with van der Waals surface area (Å²) < 4.78 is 43.0. The molecule has 3 rings (SSSR count). The third kappa shape index (κ3) is 4.60. The molecule has 0 radical (unpaired) electrons. The number of methoxy groups -OCH3 is 1. The van der Waals surface area contributed by atoms with Crippen LogP contribution >= 0.6 is 0 Å². The quantitative estimate of drug-likeness (QED) is 0.714. The van der Waals surface area contributed by atoms with E-state index in [1.54, 1.807) is 12.1 Å². The fraction of sp³-hybridized carbons (Fsp3) is 0.353. The molecule has 3 N–H and O–H groups in total. The molecule has 150 valence electrons. The second-order valence-corrected chi connectivity index (χ2v) is 6.13. The first-order chi connectivity index (χ1) is 13.3. The fourth-order valence-corrected chi connectivity index (χ4v) is 2.58. The van der Waals surface area contributed by atoms with Crippen molar-refractivity contribution in [3.05, 3.63) is 41.7 Å². The van der Waals surface area contributed by atoms with Gasteiger partial charge in [-0.05, 0) is 24.3 Å². The first-order valence-electron chi connectivity index (χ1n) is 8.31. The number of pyridine rings is 2. The number of halogens is 3. The molecular formula is C17H18F3N5O3. The molecule has 0 unspecified atom stereocenters. The van der Waals surface area contributed by atoms with E-state index in [9.17, 15) is 23.1 Å². The summed E-state index contributed by atoms with van der Waals surface area (Å²) in [4.78, 5) is 21.5. The van der Waals surface area contributed by atoms with Crippen LogP contribution in [0.15, 0.2) is 30.5 Å². The molecule has 0 atom stereocenters. The van der Waals surface area contributed by atoms with Gasteiger partial charge in [0.05, 0.1) is 25.1 Å². The lowest BCUT2D eigenvalue weighted by Gasteiger charge is -2.36. The van der Waals surface area contributed by atoms with Gasteiger partial charge < -0.3 is 25.4 Å². The van der Waals surface area contributed by atoms with Crippen molar-refractivity contribution >= 4 is 17.5 Å². The highest BCUT2D eigenvalue weighted by atomic mass is 19.4. The minimum absolute atomic E-state index is 0.0721. The molecule has 3 heterocycles. The first kappa shape index (κ1) is 19.7. The van der Waals surface area contributed by atoms with E-state index in [-0.39, 0.29) is 18.5 Å². The molecule has 11 heteroatoms. The molecule has 28 heavy (non-hydrogen) atoms. The van der Waals surface area contributed by atoms with Gasteiger partial charge in [-0.1, -0.05) is 0 Å². The van der Waals surface area contributed by atoms with Crippen molar-refractivity contribution in [2.75, 3.05) is 30.4 Å². The predicted molar refractivity (Wildman–Crippen MR) is 94.1 cm³/mol. The van der Waals surface area contributed by atoms with Crippen LogP contribution in [0.1, 0.15) is 11.3 Å². The Morgan fingerprint density at radius 1 is 1.32 bits per heavy atom. The molecule has 2 amide bonds. The number of aliphatic hydroxyl groups is 1. The van der Waals surface area contributed by atoms with Crippen LogP contribution < -0.4 is 20.3 Å². The number of aromatic nitrogens is 2. The molecule has 0 aliphatic carbocycles. The highest BCUT2D eigenvalue weighted by Gasteiger charge is 2.33. The number of amides is 2. The lowest BCUT2D eigenvalue weighted by atomic mass is 10.2. The topological polar surface area (TPSA) is 99.6 Å². The fourth-order valence-electron chi connectivity index (χ4n) is 2.58. The molecule has 0 bridgehead atoms. The largest absolute Gasteiger partial charge is 0.481 e. The zero-order chi connectivity index (χ0) is 20.3. The standard InChI is InChI=1S/C17H18F3N5O3/c1-28-15-10(2-4-13(24-15)17(18,19)20)6-22-16(27)23-11-3-5-14(21-7-11)25-8-12(26)9-25/h2-5,7,12,26H,6,8-9H2,1H3,(H2,22,23,27). The van der Waals surface area contributed by atoms with Crippen molar-refractivity contribution in [2.24, 2.45) is 0 Å². The van der Waals surface area contributed by atoms with Crippen LogP contribution in [0, 0.1) is 0 Å². The summed E-state index contributed by atoms with van der Waals surface area (Å²) in [5.41, 5.74) is -0.325. The zero-order valence-corrected chi connectivity index (χ0v) is 14.8. The minimum Gasteiger partial charge on any atom is -0.481 e. The summed E-state index contributed by atoms with van der Waals surface area (Å²) in [6.07, 6.45) is -3.45. The first-order valence-corrected chi connectivity index (χ1v) is 8.31. The zero-order valence-electron chi connectivity index (χ0n) is 14.8. The highest BCUT2D eigenvalue weighted by molar-refractivity contribution is 5.89. The number of hydrogen-bond acceptors (Lipinski definition) is 6. The Kier molecular flexibility index (Phi) is 5.54. The maximum Gasteiger partial charge on any atom is 0.433 e. The number of urea groups is 1. The van der Waals surface area contributed by atoms with Crippen molar-refractivity contribution in [3.8, 4) is 5.88 Å². The Labute approximate surface area is 158 Å². The van der Waals surface area contributed by atoms with Gasteiger partial charge in [-0.15, -0.1) is 0 Å². The summed E-state index contributed by atoms with van der Waals surface area (Å²) >= 11 is 0. The third-order valence-corrected chi connectivity index (χ3v) is 4.05. The van der Waals surface area contributed by atoms with Gasteiger partial charge in [-0.25, -0.2) is 14.8 Å². The van der Waals surface area contributed by atoms with E-state index < -0.39 is 17.9 Å². The Morgan fingerprint density at radius 3 is 2.64 bits per heavy atom. The van der Waals surface area contributed by atoms with Gasteiger partial charge in [0.1, 0.15) is 11.5 Å². The van der Waals surface area contributed by atoms with Gasteiger partial charge in [-0.3, -0.25) is 0 Å². The van der Waals surface area contributed by atoms with E-state index >= 15 is 0 Å². The molecule has 0 aromatic carbocycles. The number of rotatable bonds is 5. The SMILES string of the molecule is COc1nc(C(F)(F)F)ccc1CNC(=O)Nc1ccc(N2CC(O)C2)nc1. The van der Waals surface area contributed by atoms with Crippen molar-refractivity contribution in [2.45, 2.75) is 18.8 Å². The van der Waals surface area contributed by atoms with Crippen LogP contribution in [-0.2, 0) is 12.7 Å². The summed E-state index contributed by atoms with van der Waals surface area (Å²) in [6, 6.07) is 4.84. The Hall–Kier alpha value is -3.08. The number of alkyl halides is 3. The Balaban J connectivity index is 1.55. The summed E-state index contributed by atoms with van der Waals surface area (Å²) in [5, 5.41) is 14.4. The summed E-state index contributed by atoms with van der Waals surface area (Å²) in [7, 11) is 1.20. The Morgan fingerprint density at radius 2 is 2.07 bits per heavy atom. The van der Waals surface area contributed by atoms with Crippen LogP contribution in [-0.4, -0.2) is 47.4 Å². The van der Waals surface area contributed by atoms with E-state index in [1.807, 2.05) is 4.90 Å². The third-order valence-electron chi connectivity index (χ3n) is 4.05. The number of anilines is 2. The van der Waals surface area contributed by atoms with Crippen LogP contribution in [0.3, 0.4) is 0 Å². The highest BCUT2D eigenvalue weighted by Crippen LogP contribution is 2.30. The van der Waals surface area contributed by atoms with Gasteiger partial charge >= 0.3 is 12.2 Å². The second kappa shape index (κ2) is 7.89. The number of aliphatic hydroxyl groups excluding tert-OH is 1. The molecule has 0 saturated carbocycles. The number of β-amino-alcohol motifs (C(OH)–C–C–N with tert-alkyl or cyclic N) is 1. The van der Waals surface area contributed by atoms with Crippen LogP contribution in [0.25, 0.3) is 0 Å². The number of carbonyl (C=O) groups excluding carboxylic acids is 1. The average Bonchev–Trinajstić information content (AvgIpc) is 2.63. The Bertz CT molecular complexity index is 839. The number of ether oxygens (including phenoxy) is 1. The lowest BCUT2D eigenvalue weighted by molar-refractivity contribution is -0.141. The maximum absolute atomic E-state index is 12.7. The number of nitrogens with zero attached hydrogens (tertiary/aromatic N) is 3. The van der Waals surface area contributed by atoms with E-state index in [0.717, 1.165) is 6.07 Å². The van der Waals surface area contributed by atoms with Gasteiger partial charge in [0.2, 0.25) is 5.88 Å². The van der Waals surface area contributed by atoms with Crippen LogP contribution in [0.5, 0.6) is 5.88 Å². The molecule has 1 fully saturated rings. The van der Waals surface area contributed by atoms with Crippen LogP contribution in [0.4, 0.5) is 29.5 Å². The van der Waals surface area contributed by atoms with Crippen molar-refractivity contribution < 1.29 is 27.8 Å². The predicted octanol–water partition coefficient (Wildman–Crippen LogP) is 2.01. The molecule has 2 aromatic rings. The summed E-state index contributed by atoms with van der Waals surface area (Å²) in [5.74, 6) is 0.481. The molecule has 0 spiro atoms. The van der Waals surface area contributed by atoms with Crippen molar-refractivity contribution in [1.29, 1.82) is 0 Å². The van der Waals surface area contributed by atoms with Gasteiger partial charge in [0.15, 0.2) is 0 Å². The van der Waals surface area contributed by atoms with Crippen molar-refractivity contribution in [3.63, 3.8) is 0 Å². The average molecular weight is 397 g/mol. The van der Waals surface area contributed by atoms with E-state index in [1.165, 1.54) is 19.4 Å². The smallest absolute Gasteiger partial charge is 0.433 e. The molecule has 1 saturated heterocycles. The monoisotopic (exact) mass is 397 g/mol. The normalized spacial score (nSPS) is 14.4. The number of nitrogens with one attached hydrogen (secondary N) is 2. The van der Waals surface area contributed by atoms with E-state index in [0.29, 0.717) is 30.2 Å².